The molecule has 0 aliphatic rings. The third-order valence-electron chi connectivity index (χ3n) is 3.32. The average Bonchev–Trinajstić information content (AvgIpc) is 2.48. The number of hydrogen-bond acceptors (Lipinski definition) is 1. The van der Waals surface area contributed by atoms with Gasteiger partial charge in [-0.3, -0.25) is 0 Å². The highest BCUT2D eigenvalue weighted by molar-refractivity contribution is 5.92. The van der Waals surface area contributed by atoms with Gasteiger partial charge in [0.1, 0.15) is 0 Å². The van der Waals surface area contributed by atoms with Crippen LogP contribution in [-0.4, -0.2) is 11.1 Å². The maximum absolute atomic E-state index is 11.0. The molecule has 0 aliphatic heterocycles. The van der Waals surface area contributed by atoms with Crippen LogP contribution in [0.5, 0.6) is 0 Å². The minimum absolute atomic E-state index is 0.315. The van der Waals surface area contributed by atoms with Crippen LogP contribution in [0.1, 0.15) is 15.9 Å². The molecule has 0 radical (unpaired) electrons. The topological polar surface area (TPSA) is 41.2 Å². The molecule has 3 heteroatoms. The molecule has 0 atom stereocenters. The summed E-state index contributed by atoms with van der Waals surface area (Å²) in [5.41, 5.74) is 2.56. The normalized spacial score (nSPS) is 10.6. The number of carboxylic acids is 1. The van der Waals surface area contributed by atoms with Crippen LogP contribution in [0.4, 0.5) is 0 Å². The van der Waals surface area contributed by atoms with Crippen LogP contribution in [-0.2, 0) is 6.54 Å². The lowest BCUT2D eigenvalue weighted by Gasteiger charge is -2.02. The van der Waals surface area contributed by atoms with E-state index in [0.29, 0.717) is 5.56 Å². The van der Waals surface area contributed by atoms with Crippen molar-refractivity contribution >= 4 is 16.9 Å². The van der Waals surface area contributed by atoms with Crippen LogP contribution in [0.3, 0.4) is 0 Å². The van der Waals surface area contributed by atoms with Crippen molar-refractivity contribution in [3.63, 3.8) is 0 Å². The molecule has 0 saturated carbocycles. The third kappa shape index (κ3) is 2.38. The van der Waals surface area contributed by atoms with Crippen molar-refractivity contribution in [3.05, 3.63) is 78.0 Å². The van der Waals surface area contributed by atoms with E-state index in [9.17, 15) is 4.79 Å². The Labute approximate surface area is 116 Å². The van der Waals surface area contributed by atoms with Gasteiger partial charge in [-0.25, -0.2) is 4.79 Å². The molecule has 1 heterocycles. The van der Waals surface area contributed by atoms with E-state index in [1.807, 2.05) is 42.6 Å². The predicted octanol–water partition coefficient (Wildman–Crippen LogP) is 2.87. The molecular formula is C17H14NO2+. The summed E-state index contributed by atoms with van der Waals surface area (Å²) in [7, 11) is 0. The molecule has 98 valence electrons. The zero-order valence-corrected chi connectivity index (χ0v) is 10.9. The van der Waals surface area contributed by atoms with Crippen LogP contribution in [0.2, 0.25) is 0 Å². The first-order valence-electron chi connectivity index (χ1n) is 6.43. The van der Waals surface area contributed by atoms with Gasteiger partial charge in [0, 0.05) is 23.1 Å². The van der Waals surface area contributed by atoms with Crippen molar-refractivity contribution in [3.8, 4) is 0 Å². The summed E-state index contributed by atoms with van der Waals surface area (Å²) in [6.45, 7) is 0.768. The second-order valence-electron chi connectivity index (χ2n) is 4.70. The lowest BCUT2D eigenvalue weighted by molar-refractivity contribution is -0.662. The van der Waals surface area contributed by atoms with E-state index < -0.39 is 5.97 Å². The first kappa shape index (κ1) is 12.4. The summed E-state index contributed by atoms with van der Waals surface area (Å²) < 4.78 is 2.12. The number of carbonyl (C=O) groups is 1. The number of fused-ring (bicyclic) bond motifs is 1. The van der Waals surface area contributed by atoms with Gasteiger partial charge < -0.3 is 5.11 Å². The highest BCUT2D eigenvalue weighted by Gasteiger charge is 2.11. The summed E-state index contributed by atoms with van der Waals surface area (Å²) in [5.74, 6) is -0.898. The Kier molecular flexibility index (Phi) is 3.17. The number of pyridine rings is 1. The van der Waals surface area contributed by atoms with E-state index in [0.717, 1.165) is 17.4 Å². The molecule has 0 amide bonds. The van der Waals surface area contributed by atoms with Gasteiger partial charge in [0.25, 0.3) is 0 Å². The van der Waals surface area contributed by atoms with Crippen LogP contribution >= 0.6 is 0 Å². The fourth-order valence-electron chi connectivity index (χ4n) is 2.33. The van der Waals surface area contributed by atoms with Gasteiger partial charge in [-0.15, -0.1) is 0 Å². The monoisotopic (exact) mass is 264 g/mol. The summed E-state index contributed by atoms with van der Waals surface area (Å²) in [5, 5.41) is 9.98. The maximum atomic E-state index is 11.0. The van der Waals surface area contributed by atoms with Crippen molar-refractivity contribution < 1.29 is 14.5 Å². The second kappa shape index (κ2) is 5.13. The smallest absolute Gasteiger partial charge is 0.335 e. The molecule has 0 bridgehead atoms. The average molecular weight is 264 g/mol. The zero-order chi connectivity index (χ0) is 13.9. The number of hydrogen-bond donors (Lipinski definition) is 1. The van der Waals surface area contributed by atoms with Crippen molar-refractivity contribution in [2.24, 2.45) is 0 Å². The van der Waals surface area contributed by atoms with E-state index in [2.05, 4.69) is 16.7 Å². The minimum atomic E-state index is -0.898. The Bertz CT molecular complexity index is 766. The van der Waals surface area contributed by atoms with Gasteiger partial charge in [0.15, 0.2) is 12.7 Å². The molecule has 1 aromatic heterocycles. The first-order chi connectivity index (χ1) is 9.74. The van der Waals surface area contributed by atoms with Crippen LogP contribution < -0.4 is 4.57 Å². The lowest BCUT2D eigenvalue weighted by atomic mass is 10.1. The van der Waals surface area contributed by atoms with Crippen LogP contribution in [0, 0.1) is 0 Å². The molecule has 0 spiro atoms. The van der Waals surface area contributed by atoms with Gasteiger partial charge in [0.2, 0.25) is 5.52 Å². The Morgan fingerprint density at radius 2 is 1.80 bits per heavy atom. The highest BCUT2D eigenvalue weighted by Crippen LogP contribution is 2.13. The number of aromatic carboxylic acids is 1. The quantitative estimate of drug-likeness (QED) is 0.739. The van der Waals surface area contributed by atoms with Crippen molar-refractivity contribution in [1.82, 2.24) is 0 Å². The molecule has 0 aliphatic carbocycles. The molecule has 0 fully saturated rings. The number of rotatable bonds is 3. The van der Waals surface area contributed by atoms with Gasteiger partial charge in [-0.05, 0) is 18.2 Å². The second-order valence-corrected chi connectivity index (χ2v) is 4.70. The van der Waals surface area contributed by atoms with E-state index in [1.54, 1.807) is 12.1 Å². The van der Waals surface area contributed by atoms with Crippen molar-refractivity contribution in [2.75, 3.05) is 0 Å². The Morgan fingerprint density at radius 3 is 2.55 bits per heavy atom. The predicted molar refractivity (Wildman–Crippen MR) is 76.6 cm³/mol. The molecule has 0 unspecified atom stereocenters. The first-order valence-corrected chi connectivity index (χ1v) is 6.43. The minimum Gasteiger partial charge on any atom is -0.478 e. The molecule has 3 rings (SSSR count). The summed E-state index contributed by atoms with van der Waals surface area (Å²) >= 11 is 0. The zero-order valence-electron chi connectivity index (χ0n) is 10.9. The molecule has 20 heavy (non-hydrogen) atoms. The van der Waals surface area contributed by atoms with Crippen molar-refractivity contribution in [2.45, 2.75) is 6.54 Å². The Balaban J connectivity index is 2.06. The van der Waals surface area contributed by atoms with E-state index >= 15 is 0 Å². The number of aromatic nitrogens is 1. The largest absolute Gasteiger partial charge is 0.478 e. The van der Waals surface area contributed by atoms with Gasteiger partial charge >= 0.3 is 5.97 Å². The molecule has 1 N–H and O–H groups in total. The van der Waals surface area contributed by atoms with Gasteiger partial charge in [-0.1, -0.05) is 30.3 Å². The number of nitrogens with zero attached hydrogens (tertiary/aromatic N) is 1. The van der Waals surface area contributed by atoms with Crippen LogP contribution in [0.15, 0.2) is 66.9 Å². The van der Waals surface area contributed by atoms with Crippen LogP contribution in [0.25, 0.3) is 10.9 Å². The highest BCUT2D eigenvalue weighted by atomic mass is 16.4. The third-order valence-corrected chi connectivity index (χ3v) is 3.32. The molecular weight excluding hydrogens is 250 g/mol. The standard InChI is InChI=1S/C17H13NO2/c19-17(20)15-8-9-16-14(11-15)7-4-10-18(16)12-13-5-2-1-3-6-13/h1-11H,12H2/p+1. The maximum Gasteiger partial charge on any atom is 0.335 e. The van der Waals surface area contributed by atoms with E-state index in [-0.39, 0.29) is 0 Å². The SMILES string of the molecule is O=C(O)c1ccc2c(ccc[n+]2Cc2ccccc2)c1. The van der Waals surface area contributed by atoms with Crippen molar-refractivity contribution in [1.29, 1.82) is 0 Å². The summed E-state index contributed by atoms with van der Waals surface area (Å²) in [6, 6.07) is 19.3. The number of benzene rings is 2. The molecule has 2 aromatic carbocycles. The Morgan fingerprint density at radius 1 is 1.00 bits per heavy atom. The fourth-order valence-corrected chi connectivity index (χ4v) is 2.33. The lowest BCUT2D eigenvalue weighted by Crippen LogP contribution is -2.34. The fraction of sp³-hybridized carbons (Fsp3) is 0.0588. The summed E-state index contributed by atoms with van der Waals surface area (Å²) in [6.07, 6.45) is 2.01. The Hall–Kier alpha value is -2.68. The molecule has 3 aromatic rings. The molecule has 3 nitrogen and oxygen atoms in total. The molecule has 0 saturated heterocycles. The number of carboxylic acid groups (broad SMARTS) is 1. The van der Waals surface area contributed by atoms with E-state index in [1.165, 1.54) is 5.56 Å². The van der Waals surface area contributed by atoms with E-state index in [4.69, 9.17) is 5.11 Å². The summed E-state index contributed by atoms with van der Waals surface area (Å²) in [4.78, 5) is 11.0. The van der Waals surface area contributed by atoms with Gasteiger partial charge in [-0.2, -0.15) is 4.57 Å². The van der Waals surface area contributed by atoms with Gasteiger partial charge in [0.05, 0.1) is 5.56 Å².